The first-order valence-corrected chi connectivity index (χ1v) is 7.60. The highest BCUT2D eigenvalue weighted by Gasteiger charge is 2.16. The maximum Gasteiger partial charge on any atom is 0.323 e. The first kappa shape index (κ1) is 16.2. The van der Waals surface area contributed by atoms with E-state index in [1.54, 1.807) is 38.6 Å². The second kappa shape index (κ2) is 7.73. The Morgan fingerprint density at radius 3 is 2.59 bits per heavy atom. The molecule has 1 aliphatic carbocycles. The SMILES string of the molecule is COc1ccc(NC(=O)N/C=C(\C)C2CCCC2)c(OC)c1. The van der Waals surface area contributed by atoms with Gasteiger partial charge in [0.15, 0.2) is 0 Å². The standard InChI is InChI=1S/C17H24N2O3/c1-12(13-6-4-5-7-13)11-18-17(20)19-15-9-8-14(21-2)10-16(15)22-3/h8-11,13H,4-7H2,1-3H3,(H2,18,19,20)/b12-11+. The molecule has 1 aromatic rings. The molecule has 2 N–H and O–H groups in total. The summed E-state index contributed by atoms with van der Waals surface area (Å²) in [7, 11) is 3.15. The van der Waals surface area contributed by atoms with Crippen LogP contribution in [0.4, 0.5) is 10.5 Å². The van der Waals surface area contributed by atoms with Gasteiger partial charge >= 0.3 is 6.03 Å². The van der Waals surface area contributed by atoms with Crippen LogP contribution < -0.4 is 20.1 Å². The predicted molar refractivity (Wildman–Crippen MR) is 87.4 cm³/mol. The van der Waals surface area contributed by atoms with E-state index in [2.05, 4.69) is 17.6 Å². The van der Waals surface area contributed by atoms with Gasteiger partial charge in [0, 0.05) is 12.3 Å². The van der Waals surface area contributed by atoms with Crippen molar-refractivity contribution in [1.29, 1.82) is 0 Å². The number of amides is 2. The lowest BCUT2D eigenvalue weighted by atomic mass is 10.0. The lowest BCUT2D eigenvalue weighted by Crippen LogP contribution is -2.25. The molecule has 0 spiro atoms. The predicted octanol–water partition coefficient (Wildman–Crippen LogP) is 3.92. The average molecular weight is 304 g/mol. The van der Waals surface area contributed by atoms with Crippen LogP contribution in [0, 0.1) is 5.92 Å². The number of urea groups is 1. The van der Waals surface area contributed by atoms with Crippen molar-refractivity contribution < 1.29 is 14.3 Å². The van der Waals surface area contributed by atoms with E-state index in [0.29, 0.717) is 23.1 Å². The molecule has 0 aliphatic heterocycles. The number of ether oxygens (including phenoxy) is 2. The first-order chi connectivity index (χ1) is 10.6. The second-order valence-corrected chi connectivity index (χ2v) is 5.53. The van der Waals surface area contributed by atoms with Crippen molar-refractivity contribution in [1.82, 2.24) is 5.32 Å². The van der Waals surface area contributed by atoms with Gasteiger partial charge in [0.1, 0.15) is 11.5 Å². The van der Waals surface area contributed by atoms with Crippen molar-refractivity contribution in [2.24, 2.45) is 5.92 Å². The molecular formula is C17H24N2O3. The van der Waals surface area contributed by atoms with Crippen LogP contribution in [0.2, 0.25) is 0 Å². The van der Waals surface area contributed by atoms with E-state index in [1.807, 2.05) is 0 Å². The molecule has 1 aromatic carbocycles. The van der Waals surface area contributed by atoms with Gasteiger partial charge < -0.3 is 20.1 Å². The summed E-state index contributed by atoms with van der Waals surface area (Å²) < 4.78 is 10.4. The van der Waals surface area contributed by atoms with E-state index in [4.69, 9.17) is 9.47 Å². The van der Waals surface area contributed by atoms with E-state index in [1.165, 1.54) is 31.3 Å². The van der Waals surface area contributed by atoms with Crippen LogP contribution in [0.3, 0.4) is 0 Å². The summed E-state index contributed by atoms with van der Waals surface area (Å²) in [5.74, 6) is 1.85. The summed E-state index contributed by atoms with van der Waals surface area (Å²) in [6.07, 6.45) is 6.81. The Hall–Kier alpha value is -2.17. The highest BCUT2D eigenvalue weighted by Crippen LogP contribution is 2.30. The van der Waals surface area contributed by atoms with Crippen LogP contribution in [0.15, 0.2) is 30.0 Å². The summed E-state index contributed by atoms with van der Waals surface area (Å²) in [5.41, 5.74) is 1.84. The topological polar surface area (TPSA) is 59.6 Å². The number of methoxy groups -OCH3 is 2. The molecule has 1 saturated carbocycles. The van der Waals surface area contributed by atoms with E-state index in [-0.39, 0.29) is 6.03 Å². The van der Waals surface area contributed by atoms with Gasteiger partial charge in [0.05, 0.1) is 19.9 Å². The lowest BCUT2D eigenvalue weighted by molar-refractivity contribution is 0.254. The van der Waals surface area contributed by atoms with Crippen LogP contribution in [0.1, 0.15) is 32.6 Å². The smallest absolute Gasteiger partial charge is 0.323 e. The van der Waals surface area contributed by atoms with Crippen LogP contribution in [0.25, 0.3) is 0 Å². The maximum absolute atomic E-state index is 12.0. The molecule has 0 heterocycles. The summed E-state index contributed by atoms with van der Waals surface area (Å²) in [5, 5.41) is 5.57. The van der Waals surface area contributed by atoms with Crippen molar-refractivity contribution in [3.63, 3.8) is 0 Å². The molecule has 1 aliphatic rings. The van der Waals surface area contributed by atoms with E-state index in [9.17, 15) is 4.79 Å². The molecule has 0 unspecified atom stereocenters. The number of allylic oxidation sites excluding steroid dienone is 1. The number of carbonyl (C=O) groups excluding carboxylic acids is 1. The molecule has 22 heavy (non-hydrogen) atoms. The molecular weight excluding hydrogens is 280 g/mol. The quantitative estimate of drug-likeness (QED) is 0.866. The fourth-order valence-electron chi connectivity index (χ4n) is 2.74. The minimum absolute atomic E-state index is 0.277. The summed E-state index contributed by atoms with van der Waals surface area (Å²) in [4.78, 5) is 12.0. The van der Waals surface area contributed by atoms with Gasteiger partial charge in [0.25, 0.3) is 0 Å². The number of nitrogens with one attached hydrogen (secondary N) is 2. The molecule has 5 nitrogen and oxygen atoms in total. The molecule has 0 aromatic heterocycles. The van der Waals surface area contributed by atoms with E-state index < -0.39 is 0 Å². The van der Waals surface area contributed by atoms with Gasteiger partial charge in [-0.1, -0.05) is 18.4 Å². The molecule has 0 radical (unpaired) electrons. The van der Waals surface area contributed by atoms with E-state index in [0.717, 1.165) is 0 Å². The summed E-state index contributed by atoms with van der Waals surface area (Å²) >= 11 is 0. The average Bonchev–Trinajstić information content (AvgIpc) is 3.07. The van der Waals surface area contributed by atoms with Crippen molar-refractivity contribution in [3.8, 4) is 11.5 Å². The summed E-state index contributed by atoms with van der Waals surface area (Å²) in [6.45, 7) is 2.07. The molecule has 120 valence electrons. The molecule has 0 bridgehead atoms. The van der Waals surface area contributed by atoms with Crippen molar-refractivity contribution >= 4 is 11.7 Å². The molecule has 2 rings (SSSR count). The van der Waals surface area contributed by atoms with Gasteiger partial charge in [0.2, 0.25) is 0 Å². The molecule has 5 heteroatoms. The highest BCUT2D eigenvalue weighted by atomic mass is 16.5. The van der Waals surface area contributed by atoms with Crippen molar-refractivity contribution in [2.45, 2.75) is 32.6 Å². The van der Waals surface area contributed by atoms with Gasteiger partial charge in [-0.15, -0.1) is 0 Å². The minimum Gasteiger partial charge on any atom is -0.497 e. The van der Waals surface area contributed by atoms with Crippen LogP contribution in [0.5, 0.6) is 11.5 Å². The third kappa shape index (κ3) is 4.16. The summed E-state index contributed by atoms with van der Waals surface area (Å²) in [6, 6.07) is 4.98. The Bertz CT molecular complexity index is 549. The number of hydrogen-bond donors (Lipinski definition) is 2. The Kier molecular flexibility index (Phi) is 5.69. The minimum atomic E-state index is -0.277. The maximum atomic E-state index is 12.0. The van der Waals surface area contributed by atoms with Gasteiger partial charge in [-0.25, -0.2) is 4.79 Å². The number of benzene rings is 1. The highest BCUT2D eigenvalue weighted by molar-refractivity contribution is 5.91. The Morgan fingerprint density at radius 1 is 1.23 bits per heavy atom. The molecule has 0 atom stereocenters. The molecule has 2 amide bonds. The van der Waals surface area contributed by atoms with Crippen LogP contribution >= 0.6 is 0 Å². The first-order valence-electron chi connectivity index (χ1n) is 7.60. The third-order valence-electron chi connectivity index (χ3n) is 4.09. The van der Waals surface area contributed by atoms with Crippen molar-refractivity contribution in [2.75, 3.05) is 19.5 Å². The Morgan fingerprint density at radius 2 is 1.95 bits per heavy atom. The number of rotatable bonds is 5. The van der Waals surface area contributed by atoms with Gasteiger partial charge in [-0.3, -0.25) is 0 Å². The lowest BCUT2D eigenvalue weighted by Gasteiger charge is -2.13. The fraction of sp³-hybridized carbons (Fsp3) is 0.471. The van der Waals surface area contributed by atoms with E-state index >= 15 is 0 Å². The largest absolute Gasteiger partial charge is 0.497 e. The second-order valence-electron chi connectivity index (χ2n) is 5.53. The van der Waals surface area contributed by atoms with Crippen molar-refractivity contribution in [3.05, 3.63) is 30.0 Å². The zero-order valence-electron chi connectivity index (χ0n) is 13.4. The molecule has 0 saturated heterocycles. The van der Waals surface area contributed by atoms with Crippen LogP contribution in [-0.2, 0) is 0 Å². The Balaban J connectivity index is 1.95. The normalized spacial score (nSPS) is 15.5. The fourth-order valence-corrected chi connectivity index (χ4v) is 2.74. The van der Waals surface area contributed by atoms with Gasteiger partial charge in [-0.05, 0) is 37.8 Å². The monoisotopic (exact) mass is 304 g/mol. The Labute approximate surface area is 131 Å². The third-order valence-corrected chi connectivity index (χ3v) is 4.09. The zero-order valence-corrected chi connectivity index (χ0v) is 13.4. The zero-order chi connectivity index (χ0) is 15.9. The number of hydrogen-bond acceptors (Lipinski definition) is 3. The number of carbonyl (C=O) groups is 1. The van der Waals surface area contributed by atoms with Gasteiger partial charge in [-0.2, -0.15) is 0 Å². The van der Waals surface area contributed by atoms with Crippen LogP contribution in [-0.4, -0.2) is 20.3 Å². The molecule has 1 fully saturated rings. The number of anilines is 1.